The lowest BCUT2D eigenvalue weighted by atomic mass is 10.0. The summed E-state index contributed by atoms with van der Waals surface area (Å²) >= 11 is 3.85. The topological polar surface area (TPSA) is 38.9 Å². The molecule has 0 aromatic carbocycles. The molecule has 1 saturated carbocycles. The molecular formula is C11H18N2S2. The van der Waals surface area contributed by atoms with Crippen LogP contribution in [0, 0.1) is 0 Å². The molecule has 2 N–H and O–H groups in total. The zero-order valence-electron chi connectivity index (χ0n) is 8.95. The van der Waals surface area contributed by atoms with Gasteiger partial charge in [-0.1, -0.05) is 19.3 Å². The minimum absolute atomic E-state index is 0.631. The molecule has 15 heavy (non-hydrogen) atoms. The summed E-state index contributed by atoms with van der Waals surface area (Å²) in [7, 11) is 0. The van der Waals surface area contributed by atoms with Gasteiger partial charge in [0.15, 0.2) is 0 Å². The normalized spacial score (nSPS) is 18.2. The van der Waals surface area contributed by atoms with E-state index in [0.717, 1.165) is 11.0 Å². The SMILES string of the molecule is NCc1cnc(CSC2CCCCC2)s1. The molecule has 1 aliphatic rings. The highest BCUT2D eigenvalue weighted by atomic mass is 32.2. The molecule has 4 heteroatoms. The third kappa shape index (κ3) is 3.47. The van der Waals surface area contributed by atoms with Crippen LogP contribution in [0.4, 0.5) is 0 Å². The predicted molar refractivity (Wildman–Crippen MR) is 68.2 cm³/mol. The van der Waals surface area contributed by atoms with Crippen molar-refractivity contribution in [2.75, 3.05) is 0 Å². The Kier molecular flexibility index (Phi) is 4.47. The summed E-state index contributed by atoms with van der Waals surface area (Å²) < 4.78 is 0. The zero-order chi connectivity index (χ0) is 10.5. The van der Waals surface area contributed by atoms with Gasteiger partial charge < -0.3 is 5.73 Å². The molecule has 1 aromatic rings. The van der Waals surface area contributed by atoms with Gasteiger partial charge in [0, 0.05) is 28.6 Å². The van der Waals surface area contributed by atoms with Crippen LogP contribution in [-0.2, 0) is 12.3 Å². The number of aromatic nitrogens is 1. The molecule has 0 saturated heterocycles. The number of nitrogens with two attached hydrogens (primary N) is 1. The maximum atomic E-state index is 5.57. The van der Waals surface area contributed by atoms with Crippen LogP contribution in [-0.4, -0.2) is 10.2 Å². The van der Waals surface area contributed by atoms with Crippen molar-refractivity contribution in [2.45, 2.75) is 49.7 Å². The Bertz CT molecular complexity index is 293. The highest BCUT2D eigenvalue weighted by Gasteiger charge is 2.14. The lowest BCUT2D eigenvalue weighted by Gasteiger charge is -2.20. The molecule has 0 bridgehead atoms. The van der Waals surface area contributed by atoms with Crippen molar-refractivity contribution >= 4 is 23.1 Å². The van der Waals surface area contributed by atoms with E-state index in [1.165, 1.54) is 42.0 Å². The van der Waals surface area contributed by atoms with E-state index in [2.05, 4.69) is 16.7 Å². The number of nitrogens with zero attached hydrogens (tertiary/aromatic N) is 1. The summed E-state index contributed by atoms with van der Waals surface area (Å²) in [6, 6.07) is 0. The predicted octanol–water partition coefficient (Wildman–Crippen LogP) is 3.17. The zero-order valence-corrected chi connectivity index (χ0v) is 10.6. The molecule has 1 fully saturated rings. The van der Waals surface area contributed by atoms with Gasteiger partial charge in [-0.05, 0) is 12.8 Å². The van der Waals surface area contributed by atoms with Crippen LogP contribution in [0.25, 0.3) is 0 Å². The third-order valence-corrected chi connectivity index (χ3v) is 5.38. The first kappa shape index (κ1) is 11.4. The van der Waals surface area contributed by atoms with Gasteiger partial charge in [0.1, 0.15) is 5.01 Å². The summed E-state index contributed by atoms with van der Waals surface area (Å²) in [5, 5.41) is 2.12. The second-order valence-corrected chi connectivity index (χ2v) is 6.48. The van der Waals surface area contributed by atoms with Crippen molar-refractivity contribution in [3.05, 3.63) is 16.1 Å². The van der Waals surface area contributed by atoms with Crippen LogP contribution in [0.3, 0.4) is 0 Å². The van der Waals surface area contributed by atoms with Gasteiger partial charge in [0.05, 0.1) is 0 Å². The first-order valence-electron chi connectivity index (χ1n) is 5.63. The van der Waals surface area contributed by atoms with E-state index in [0.29, 0.717) is 6.54 Å². The van der Waals surface area contributed by atoms with Gasteiger partial charge in [-0.3, -0.25) is 0 Å². The summed E-state index contributed by atoms with van der Waals surface area (Å²) in [6.07, 6.45) is 9.00. The molecule has 2 rings (SSSR count). The minimum Gasteiger partial charge on any atom is -0.326 e. The van der Waals surface area contributed by atoms with E-state index in [1.54, 1.807) is 11.3 Å². The number of hydrogen-bond acceptors (Lipinski definition) is 4. The standard InChI is InChI=1S/C11H18N2S2/c12-6-10-7-13-11(15-10)8-14-9-4-2-1-3-5-9/h7,9H,1-6,8,12H2. The van der Waals surface area contributed by atoms with E-state index in [4.69, 9.17) is 5.73 Å². The van der Waals surface area contributed by atoms with Gasteiger partial charge >= 0.3 is 0 Å². The highest BCUT2D eigenvalue weighted by Crippen LogP contribution is 2.31. The van der Waals surface area contributed by atoms with Crippen molar-refractivity contribution < 1.29 is 0 Å². The third-order valence-electron chi connectivity index (χ3n) is 2.80. The number of hydrogen-bond donors (Lipinski definition) is 1. The lowest BCUT2D eigenvalue weighted by Crippen LogP contribution is -2.07. The first-order chi connectivity index (χ1) is 7.38. The fourth-order valence-corrected chi connectivity index (χ4v) is 4.09. The molecule has 2 nitrogen and oxygen atoms in total. The van der Waals surface area contributed by atoms with Gasteiger partial charge in [-0.15, -0.1) is 11.3 Å². The summed E-state index contributed by atoms with van der Waals surface area (Å²) in [6.45, 7) is 0.631. The Morgan fingerprint density at radius 1 is 1.40 bits per heavy atom. The second-order valence-electron chi connectivity index (χ2n) is 4.00. The quantitative estimate of drug-likeness (QED) is 0.881. The molecule has 0 amide bonds. The minimum atomic E-state index is 0.631. The Morgan fingerprint density at radius 3 is 2.87 bits per heavy atom. The van der Waals surface area contributed by atoms with Gasteiger partial charge in [-0.25, -0.2) is 4.98 Å². The Balaban J connectivity index is 1.76. The van der Waals surface area contributed by atoms with Crippen molar-refractivity contribution in [1.29, 1.82) is 0 Å². The Labute approximate surface area is 99.7 Å². The lowest BCUT2D eigenvalue weighted by molar-refractivity contribution is 0.516. The summed E-state index contributed by atoms with van der Waals surface area (Å²) in [5.74, 6) is 1.08. The van der Waals surface area contributed by atoms with Crippen molar-refractivity contribution in [2.24, 2.45) is 5.73 Å². The molecule has 84 valence electrons. The molecule has 0 unspecified atom stereocenters. The van der Waals surface area contributed by atoms with E-state index >= 15 is 0 Å². The van der Waals surface area contributed by atoms with E-state index in [-0.39, 0.29) is 0 Å². The molecule has 1 aromatic heterocycles. The smallest absolute Gasteiger partial charge is 0.103 e. The fraction of sp³-hybridized carbons (Fsp3) is 0.727. The van der Waals surface area contributed by atoms with Crippen LogP contribution in [0.1, 0.15) is 42.0 Å². The molecule has 0 aliphatic heterocycles. The average molecular weight is 242 g/mol. The maximum absolute atomic E-state index is 5.57. The largest absolute Gasteiger partial charge is 0.326 e. The van der Waals surface area contributed by atoms with E-state index < -0.39 is 0 Å². The number of thioether (sulfide) groups is 1. The Hall–Kier alpha value is -0.0600. The summed E-state index contributed by atoms with van der Waals surface area (Å²) in [5.41, 5.74) is 5.57. The first-order valence-corrected chi connectivity index (χ1v) is 7.50. The van der Waals surface area contributed by atoms with Crippen molar-refractivity contribution in [3.8, 4) is 0 Å². The molecular weight excluding hydrogens is 224 g/mol. The molecule has 0 atom stereocenters. The molecule has 1 aliphatic carbocycles. The molecule has 0 radical (unpaired) electrons. The molecule has 1 heterocycles. The Morgan fingerprint density at radius 2 is 2.20 bits per heavy atom. The van der Waals surface area contributed by atoms with Crippen molar-refractivity contribution in [1.82, 2.24) is 4.98 Å². The van der Waals surface area contributed by atoms with Gasteiger partial charge in [0.25, 0.3) is 0 Å². The molecule has 0 spiro atoms. The van der Waals surface area contributed by atoms with Crippen LogP contribution in [0.5, 0.6) is 0 Å². The maximum Gasteiger partial charge on any atom is 0.103 e. The highest BCUT2D eigenvalue weighted by molar-refractivity contribution is 7.99. The van der Waals surface area contributed by atoms with Gasteiger partial charge in [0.2, 0.25) is 0 Å². The van der Waals surface area contributed by atoms with E-state index in [9.17, 15) is 0 Å². The van der Waals surface area contributed by atoms with Gasteiger partial charge in [-0.2, -0.15) is 11.8 Å². The number of thiazole rings is 1. The van der Waals surface area contributed by atoms with Crippen LogP contribution < -0.4 is 5.73 Å². The fourth-order valence-electron chi connectivity index (χ4n) is 1.93. The summed E-state index contributed by atoms with van der Waals surface area (Å²) in [4.78, 5) is 5.59. The van der Waals surface area contributed by atoms with Crippen molar-refractivity contribution in [3.63, 3.8) is 0 Å². The van der Waals surface area contributed by atoms with E-state index in [1.807, 2.05) is 6.20 Å². The van der Waals surface area contributed by atoms with Crippen LogP contribution >= 0.6 is 23.1 Å². The van der Waals surface area contributed by atoms with Crippen LogP contribution in [0.15, 0.2) is 6.20 Å². The average Bonchev–Trinajstić information content (AvgIpc) is 2.76. The number of rotatable bonds is 4. The monoisotopic (exact) mass is 242 g/mol. The second kappa shape index (κ2) is 5.87. The van der Waals surface area contributed by atoms with Crippen LogP contribution in [0.2, 0.25) is 0 Å².